The van der Waals surface area contributed by atoms with Gasteiger partial charge in [-0.2, -0.15) is 18.3 Å². The van der Waals surface area contributed by atoms with Crippen molar-refractivity contribution in [2.45, 2.75) is 38.5 Å². The second-order valence-electron chi connectivity index (χ2n) is 4.67. The molecule has 0 saturated heterocycles. The normalized spacial score (nSPS) is 22.6. The van der Waals surface area contributed by atoms with Gasteiger partial charge in [0, 0.05) is 19.0 Å². The number of carboxylic acids is 1. The summed E-state index contributed by atoms with van der Waals surface area (Å²) in [6.45, 7) is 2.69. The van der Waals surface area contributed by atoms with Crippen molar-refractivity contribution in [2.75, 3.05) is 4.90 Å². The summed E-state index contributed by atoms with van der Waals surface area (Å²) in [5.41, 5.74) is -0.519. The van der Waals surface area contributed by atoms with Crippen LogP contribution in [0.4, 0.5) is 19.0 Å². The summed E-state index contributed by atoms with van der Waals surface area (Å²) in [6, 6.07) is -1.64. The third kappa shape index (κ3) is 2.23. The number of hydrogen-bond donors (Lipinski definition) is 1. The summed E-state index contributed by atoms with van der Waals surface area (Å²) < 4.78 is 39.6. The molecule has 0 aliphatic carbocycles. The van der Waals surface area contributed by atoms with Crippen molar-refractivity contribution in [1.82, 2.24) is 9.78 Å². The first-order chi connectivity index (χ1) is 9.12. The zero-order chi connectivity index (χ0) is 15.2. The van der Waals surface area contributed by atoms with Crippen molar-refractivity contribution in [3.8, 4) is 0 Å². The van der Waals surface area contributed by atoms with Gasteiger partial charge in [-0.15, -0.1) is 0 Å². The highest BCUT2D eigenvalue weighted by Gasteiger charge is 2.48. The van der Waals surface area contributed by atoms with E-state index in [1.54, 1.807) is 0 Å². The van der Waals surface area contributed by atoms with Crippen LogP contribution >= 0.6 is 0 Å². The minimum absolute atomic E-state index is 0.143. The van der Waals surface area contributed by atoms with Crippen LogP contribution in [0.2, 0.25) is 0 Å². The fourth-order valence-electron chi connectivity index (χ4n) is 2.40. The summed E-state index contributed by atoms with van der Waals surface area (Å²) >= 11 is 0. The van der Waals surface area contributed by atoms with Crippen LogP contribution in [0.25, 0.3) is 0 Å². The second-order valence-corrected chi connectivity index (χ2v) is 4.67. The molecule has 0 spiro atoms. The van der Waals surface area contributed by atoms with Crippen molar-refractivity contribution < 1.29 is 27.9 Å². The number of alkyl halides is 3. The molecule has 1 aromatic rings. The van der Waals surface area contributed by atoms with Crippen LogP contribution in [-0.4, -0.2) is 39.0 Å². The Bertz CT molecular complexity index is 567. The monoisotopic (exact) mass is 291 g/mol. The van der Waals surface area contributed by atoms with Gasteiger partial charge in [0.1, 0.15) is 5.82 Å². The van der Waals surface area contributed by atoms with Crippen LogP contribution < -0.4 is 4.90 Å². The minimum atomic E-state index is -4.56. The lowest BCUT2D eigenvalue weighted by atomic mass is 10.0. The molecule has 1 N–H and O–H groups in total. The van der Waals surface area contributed by atoms with Gasteiger partial charge in [0.05, 0.1) is 0 Å². The fourth-order valence-corrected chi connectivity index (χ4v) is 2.40. The van der Waals surface area contributed by atoms with E-state index in [1.807, 2.05) is 0 Å². The number of carboxylic acid groups (broad SMARTS) is 1. The molecule has 0 radical (unpaired) electrons. The molecule has 1 aliphatic heterocycles. The van der Waals surface area contributed by atoms with Crippen LogP contribution in [-0.2, 0) is 4.79 Å². The summed E-state index contributed by atoms with van der Waals surface area (Å²) in [5.74, 6) is -2.05. The van der Waals surface area contributed by atoms with Crippen molar-refractivity contribution in [3.05, 3.63) is 11.8 Å². The molecule has 0 unspecified atom stereocenters. The molecule has 110 valence electrons. The summed E-state index contributed by atoms with van der Waals surface area (Å²) in [6.07, 6.45) is -4.93. The van der Waals surface area contributed by atoms with Crippen LogP contribution in [0.3, 0.4) is 0 Å². The highest BCUT2D eigenvalue weighted by Crippen LogP contribution is 2.41. The second kappa shape index (κ2) is 4.50. The summed E-state index contributed by atoms with van der Waals surface area (Å²) in [7, 11) is 0. The molecule has 1 amide bonds. The molecule has 6 nitrogen and oxygen atoms in total. The van der Waals surface area contributed by atoms with E-state index >= 15 is 0 Å². The zero-order valence-electron chi connectivity index (χ0n) is 10.7. The molecule has 2 rings (SSSR count). The first-order valence-corrected chi connectivity index (χ1v) is 5.82. The van der Waals surface area contributed by atoms with Gasteiger partial charge in [-0.1, -0.05) is 0 Å². The Morgan fingerprint density at radius 1 is 1.45 bits per heavy atom. The number of carbonyl (C=O) groups is 2. The molecule has 20 heavy (non-hydrogen) atoms. The maximum absolute atomic E-state index is 13.0. The zero-order valence-corrected chi connectivity index (χ0v) is 10.7. The van der Waals surface area contributed by atoms with E-state index in [1.165, 1.54) is 13.8 Å². The standard InChI is InChI=1S/C11H12F3N3O3/c1-5-3-8(11(12,13)14)17-9(16(5)6(2)18)4-7(15-17)10(19)20/h4-5,8H,3H2,1-2H3,(H,19,20)/t5-,8-/m1/s1. The van der Waals surface area contributed by atoms with E-state index < -0.39 is 35.8 Å². The average molecular weight is 291 g/mol. The molecule has 0 fully saturated rings. The number of halogens is 3. The quantitative estimate of drug-likeness (QED) is 0.856. The van der Waals surface area contributed by atoms with Gasteiger partial charge < -0.3 is 5.11 Å². The topological polar surface area (TPSA) is 75.4 Å². The third-order valence-corrected chi connectivity index (χ3v) is 3.20. The van der Waals surface area contributed by atoms with Crippen molar-refractivity contribution in [3.63, 3.8) is 0 Å². The van der Waals surface area contributed by atoms with E-state index in [0.29, 0.717) is 4.68 Å². The largest absolute Gasteiger partial charge is 0.476 e. The number of amides is 1. The Morgan fingerprint density at radius 3 is 2.50 bits per heavy atom. The maximum Gasteiger partial charge on any atom is 0.410 e. The third-order valence-electron chi connectivity index (χ3n) is 3.20. The van der Waals surface area contributed by atoms with E-state index in [0.717, 1.165) is 11.0 Å². The highest BCUT2D eigenvalue weighted by atomic mass is 19.4. The van der Waals surface area contributed by atoms with Gasteiger partial charge >= 0.3 is 12.1 Å². The summed E-state index contributed by atoms with van der Waals surface area (Å²) in [4.78, 5) is 23.6. The van der Waals surface area contributed by atoms with E-state index in [4.69, 9.17) is 5.11 Å². The number of carbonyl (C=O) groups excluding carboxylic acids is 1. The lowest BCUT2D eigenvalue weighted by Crippen LogP contribution is -2.47. The van der Waals surface area contributed by atoms with Gasteiger partial charge in [0.25, 0.3) is 0 Å². The Balaban J connectivity index is 2.60. The Hall–Kier alpha value is -2.06. The Morgan fingerprint density at radius 2 is 2.05 bits per heavy atom. The predicted octanol–water partition coefficient (Wildman–Crippen LogP) is 1.83. The predicted molar refractivity (Wildman–Crippen MR) is 61.5 cm³/mol. The molecule has 0 bridgehead atoms. The van der Waals surface area contributed by atoms with Gasteiger partial charge in [-0.25, -0.2) is 9.48 Å². The SMILES string of the molecule is CC(=O)N1c2cc(C(=O)O)nn2[C@@H](C(F)(F)F)C[C@H]1C. The highest BCUT2D eigenvalue weighted by molar-refractivity contribution is 5.93. The lowest BCUT2D eigenvalue weighted by Gasteiger charge is -2.38. The smallest absolute Gasteiger partial charge is 0.410 e. The molecular weight excluding hydrogens is 279 g/mol. The molecule has 1 aliphatic rings. The van der Waals surface area contributed by atoms with Gasteiger partial charge in [-0.3, -0.25) is 9.69 Å². The number of nitrogens with zero attached hydrogens (tertiary/aromatic N) is 3. The van der Waals surface area contributed by atoms with Crippen LogP contribution in [0.15, 0.2) is 6.07 Å². The molecule has 0 aromatic carbocycles. The summed E-state index contributed by atoms with van der Waals surface area (Å²) in [5, 5.41) is 12.3. The van der Waals surface area contributed by atoms with Crippen molar-refractivity contribution in [2.24, 2.45) is 0 Å². The first-order valence-electron chi connectivity index (χ1n) is 5.82. The molecule has 9 heteroatoms. The van der Waals surface area contributed by atoms with Crippen LogP contribution in [0.5, 0.6) is 0 Å². The molecule has 0 saturated carbocycles. The number of aromatic nitrogens is 2. The number of hydrogen-bond acceptors (Lipinski definition) is 3. The molecule has 1 aromatic heterocycles. The van der Waals surface area contributed by atoms with E-state index in [2.05, 4.69) is 5.10 Å². The number of rotatable bonds is 1. The van der Waals surface area contributed by atoms with E-state index in [-0.39, 0.29) is 12.2 Å². The maximum atomic E-state index is 13.0. The molecule has 2 heterocycles. The van der Waals surface area contributed by atoms with Crippen LogP contribution in [0, 0.1) is 0 Å². The molecular formula is C11H12F3N3O3. The Labute approximate surface area is 111 Å². The van der Waals surface area contributed by atoms with Gasteiger partial charge in [-0.05, 0) is 13.3 Å². The minimum Gasteiger partial charge on any atom is -0.476 e. The number of anilines is 1. The van der Waals surface area contributed by atoms with Gasteiger partial charge in [0.15, 0.2) is 11.7 Å². The van der Waals surface area contributed by atoms with Crippen molar-refractivity contribution in [1.29, 1.82) is 0 Å². The fraction of sp³-hybridized carbons (Fsp3) is 0.545. The Kier molecular flexibility index (Phi) is 3.23. The van der Waals surface area contributed by atoms with E-state index in [9.17, 15) is 22.8 Å². The lowest BCUT2D eigenvalue weighted by molar-refractivity contribution is -0.174. The number of fused-ring (bicyclic) bond motifs is 1. The average Bonchev–Trinajstić information content (AvgIpc) is 2.69. The van der Waals surface area contributed by atoms with Crippen molar-refractivity contribution >= 4 is 17.7 Å². The first kappa shape index (κ1) is 14.4. The van der Waals surface area contributed by atoms with Crippen LogP contribution in [0.1, 0.15) is 36.8 Å². The molecule has 2 atom stereocenters. The number of aromatic carboxylic acids is 1. The van der Waals surface area contributed by atoms with Gasteiger partial charge in [0.2, 0.25) is 5.91 Å².